The molecular weight excluding hydrogens is 264 g/mol. The van der Waals surface area contributed by atoms with Crippen LogP contribution in [-0.4, -0.2) is 10.9 Å². The molecule has 0 saturated carbocycles. The highest BCUT2D eigenvalue weighted by Crippen LogP contribution is 2.18. The summed E-state index contributed by atoms with van der Waals surface area (Å²) in [5.41, 5.74) is 7.19. The molecule has 1 amide bonds. The van der Waals surface area contributed by atoms with Gasteiger partial charge in [-0.25, -0.2) is 4.98 Å². The van der Waals surface area contributed by atoms with Crippen LogP contribution in [0.15, 0.2) is 36.5 Å². The van der Waals surface area contributed by atoms with Gasteiger partial charge in [0, 0.05) is 5.69 Å². The van der Waals surface area contributed by atoms with E-state index in [1.54, 1.807) is 24.3 Å². The molecule has 1 heterocycles. The van der Waals surface area contributed by atoms with Gasteiger partial charge in [0.05, 0.1) is 29.1 Å². The van der Waals surface area contributed by atoms with Gasteiger partial charge in [-0.3, -0.25) is 4.79 Å². The molecule has 0 bridgehead atoms. The second-order valence-electron chi connectivity index (χ2n) is 3.75. The van der Waals surface area contributed by atoms with Crippen molar-refractivity contribution in [3.05, 3.63) is 52.8 Å². The van der Waals surface area contributed by atoms with Crippen LogP contribution in [0.5, 0.6) is 0 Å². The van der Waals surface area contributed by atoms with E-state index < -0.39 is 5.91 Å². The van der Waals surface area contributed by atoms with Crippen molar-refractivity contribution >= 4 is 28.9 Å². The van der Waals surface area contributed by atoms with Crippen LogP contribution in [-0.2, 0) is 0 Å². The molecule has 2 aromatic rings. The number of aromatic nitrogens is 1. The number of carbonyl (C=O) groups excluding carboxylic acids is 1. The lowest BCUT2D eigenvalue weighted by atomic mass is 10.2. The molecule has 0 aliphatic carbocycles. The number of nitrogens with two attached hydrogens (primary N) is 1. The SMILES string of the molecule is N#Cc1ccc(NC(=O)c2cc(N)cnc2Cl)cc1. The third-order valence-corrected chi connectivity index (χ3v) is 2.68. The van der Waals surface area contributed by atoms with Crippen LogP contribution in [0.4, 0.5) is 11.4 Å². The number of rotatable bonds is 2. The number of hydrogen-bond donors (Lipinski definition) is 2. The number of pyridine rings is 1. The number of nitriles is 1. The Bertz CT molecular complexity index is 661. The third-order valence-electron chi connectivity index (χ3n) is 2.38. The zero-order valence-corrected chi connectivity index (χ0v) is 10.5. The van der Waals surface area contributed by atoms with Gasteiger partial charge in [-0.05, 0) is 30.3 Å². The molecule has 6 heteroatoms. The van der Waals surface area contributed by atoms with E-state index in [9.17, 15) is 4.79 Å². The highest BCUT2D eigenvalue weighted by molar-refractivity contribution is 6.33. The van der Waals surface area contributed by atoms with Crippen molar-refractivity contribution in [1.82, 2.24) is 4.98 Å². The lowest BCUT2D eigenvalue weighted by Gasteiger charge is -2.06. The Labute approximate surface area is 114 Å². The van der Waals surface area contributed by atoms with Crippen molar-refractivity contribution in [2.45, 2.75) is 0 Å². The average molecular weight is 273 g/mol. The summed E-state index contributed by atoms with van der Waals surface area (Å²) in [6.45, 7) is 0. The maximum atomic E-state index is 12.0. The van der Waals surface area contributed by atoms with Gasteiger partial charge in [-0.1, -0.05) is 11.6 Å². The summed E-state index contributed by atoms with van der Waals surface area (Å²) in [5.74, 6) is -0.408. The van der Waals surface area contributed by atoms with Crippen LogP contribution >= 0.6 is 11.6 Å². The third kappa shape index (κ3) is 3.00. The first-order valence-electron chi connectivity index (χ1n) is 5.32. The van der Waals surface area contributed by atoms with Crippen molar-refractivity contribution < 1.29 is 4.79 Å². The van der Waals surface area contributed by atoms with Crippen LogP contribution in [0, 0.1) is 11.3 Å². The molecule has 5 nitrogen and oxygen atoms in total. The van der Waals surface area contributed by atoms with Crippen molar-refractivity contribution in [3.63, 3.8) is 0 Å². The first-order chi connectivity index (χ1) is 9.10. The monoisotopic (exact) mass is 272 g/mol. The zero-order valence-electron chi connectivity index (χ0n) is 9.72. The van der Waals surface area contributed by atoms with Gasteiger partial charge in [-0.2, -0.15) is 5.26 Å². The maximum absolute atomic E-state index is 12.0. The topological polar surface area (TPSA) is 91.8 Å². The number of amides is 1. The molecule has 0 atom stereocenters. The summed E-state index contributed by atoms with van der Waals surface area (Å²) < 4.78 is 0. The predicted octanol–water partition coefficient (Wildman–Crippen LogP) is 2.44. The van der Waals surface area contributed by atoms with E-state index in [0.29, 0.717) is 16.9 Å². The number of benzene rings is 1. The average Bonchev–Trinajstić information content (AvgIpc) is 2.42. The van der Waals surface area contributed by atoms with Gasteiger partial charge in [-0.15, -0.1) is 0 Å². The zero-order chi connectivity index (χ0) is 13.8. The quantitative estimate of drug-likeness (QED) is 0.821. The summed E-state index contributed by atoms with van der Waals surface area (Å²) in [7, 11) is 0. The Balaban J connectivity index is 2.21. The molecule has 0 unspecified atom stereocenters. The molecule has 0 aliphatic heterocycles. The number of hydrogen-bond acceptors (Lipinski definition) is 4. The lowest BCUT2D eigenvalue weighted by molar-refractivity contribution is 0.102. The largest absolute Gasteiger partial charge is 0.397 e. The molecule has 0 spiro atoms. The molecule has 1 aromatic carbocycles. The van der Waals surface area contributed by atoms with E-state index in [2.05, 4.69) is 10.3 Å². The van der Waals surface area contributed by atoms with Gasteiger partial charge >= 0.3 is 0 Å². The summed E-state index contributed by atoms with van der Waals surface area (Å²) >= 11 is 5.83. The molecule has 0 saturated heterocycles. The summed E-state index contributed by atoms with van der Waals surface area (Å²) in [5, 5.41) is 11.4. The van der Waals surface area contributed by atoms with Gasteiger partial charge < -0.3 is 11.1 Å². The molecule has 0 radical (unpaired) electrons. The number of nitrogens with zero attached hydrogens (tertiary/aromatic N) is 2. The van der Waals surface area contributed by atoms with Crippen LogP contribution in [0.1, 0.15) is 15.9 Å². The van der Waals surface area contributed by atoms with Crippen LogP contribution in [0.2, 0.25) is 5.15 Å². The van der Waals surface area contributed by atoms with Gasteiger partial charge in [0.2, 0.25) is 0 Å². The van der Waals surface area contributed by atoms with Crippen LogP contribution in [0.3, 0.4) is 0 Å². The Morgan fingerprint density at radius 1 is 1.37 bits per heavy atom. The van der Waals surface area contributed by atoms with E-state index in [1.807, 2.05) is 6.07 Å². The molecule has 0 aliphatic rings. The van der Waals surface area contributed by atoms with E-state index in [0.717, 1.165) is 0 Å². The van der Waals surface area contributed by atoms with Gasteiger partial charge in [0.15, 0.2) is 0 Å². The predicted molar refractivity (Wildman–Crippen MR) is 72.8 cm³/mol. The minimum Gasteiger partial charge on any atom is -0.397 e. The number of halogens is 1. The number of nitrogen functional groups attached to an aromatic ring is 1. The maximum Gasteiger partial charge on any atom is 0.258 e. The Hall–Kier alpha value is -2.58. The fourth-order valence-corrected chi connectivity index (χ4v) is 1.64. The Kier molecular flexibility index (Phi) is 3.64. The summed E-state index contributed by atoms with van der Waals surface area (Å²) in [6.07, 6.45) is 1.38. The standard InChI is InChI=1S/C13H9ClN4O/c14-12-11(5-9(16)7-17-12)13(19)18-10-3-1-8(6-15)2-4-10/h1-5,7H,16H2,(H,18,19). The second kappa shape index (κ2) is 5.38. The normalized spacial score (nSPS) is 9.68. The van der Waals surface area contributed by atoms with Crippen molar-refractivity contribution in [2.75, 3.05) is 11.1 Å². The molecule has 3 N–H and O–H groups in total. The molecule has 0 fully saturated rings. The van der Waals surface area contributed by atoms with E-state index in [-0.39, 0.29) is 10.7 Å². The van der Waals surface area contributed by atoms with E-state index >= 15 is 0 Å². The first kappa shape index (κ1) is 12.9. The first-order valence-corrected chi connectivity index (χ1v) is 5.70. The van der Waals surface area contributed by atoms with Crippen molar-refractivity contribution in [3.8, 4) is 6.07 Å². The molecule has 19 heavy (non-hydrogen) atoms. The second-order valence-corrected chi connectivity index (χ2v) is 4.11. The van der Waals surface area contributed by atoms with Gasteiger partial charge in [0.25, 0.3) is 5.91 Å². The fourth-order valence-electron chi connectivity index (χ4n) is 1.45. The van der Waals surface area contributed by atoms with Gasteiger partial charge in [0.1, 0.15) is 5.15 Å². The van der Waals surface area contributed by atoms with Crippen molar-refractivity contribution in [2.24, 2.45) is 0 Å². The molecule has 1 aromatic heterocycles. The highest BCUT2D eigenvalue weighted by Gasteiger charge is 2.12. The Morgan fingerprint density at radius 2 is 2.05 bits per heavy atom. The minimum atomic E-state index is -0.408. The Morgan fingerprint density at radius 3 is 2.68 bits per heavy atom. The summed E-state index contributed by atoms with van der Waals surface area (Å²) in [6, 6.07) is 9.92. The smallest absolute Gasteiger partial charge is 0.258 e. The highest BCUT2D eigenvalue weighted by atomic mass is 35.5. The number of anilines is 2. The van der Waals surface area contributed by atoms with E-state index in [4.69, 9.17) is 22.6 Å². The van der Waals surface area contributed by atoms with Crippen molar-refractivity contribution in [1.29, 1.82) is 5.26 Å². The lowest BCUT2D eigenvalue weighted by Crippen LogP contribution is -2.13. The molecular formula is C13H9ClN4O. The minimum absolute atomic E-state index is 0.0837. The number of nitrogens with one attached hydrogen (secondary N) is 1. The molecule has 2 rings (SSSR count). The van der Waals surface area contributed by atoms with Crippen LogP contribution in [0.25, 0.3) is 0 Å². The fraction of sp³-hybridized carbons (Fsp3) is 0. The molecule has 94 valence electrons. The van der Waals surface area contributed by atoms with E-state index in [1.165, 1.54) is 12.3 Å². The number of carbonyl (C=O) groups is 1. The van der Waals surface area contributed by atoms with Crippen LogP contribution < -0.4 is 11.1 Å². The summed E-state index contributed by atoms with van der Waals surface area (Å²) in [4.78, 5) is 15.8.